The van der Waals surface area contributed by atoms with Gasteiger partial charge in [-0.15, -0.1) is 11.8 Å². The number of halogens is 1. The third-order valence-corrected chi connectivity index (χ3v) is 4.15. The highest BCUT2D eigenvalue weighted by Crippen LogP contribution is 2.29. The van der Waals surface area contributed by atoms with Gasteiger partial charge in [0.1, 0.15) is 11.8 Å². The van der Waals surface area contributed by atoms with Crippen molar-refractivity contribution >= 4 is 23.4 Å². The van der Waals surface area contributed by atoms with Crippen LogP contribution in [0.1, 0.15) is 11.5 Å². The Hall–Kier alpha value is -2.30. The summed E-state index contributed by atoms with van der Waals surface area (Å²) in [5, 5.41) is 19.9. The monoisotopic (exact) mass is 317 g/mol. The molecule has 3 rings (SSSR count). The molecule has 0 saturated carbocycles. The number of nitriles is 1. The van der Waals surface area contributed by atoms with Gasteiger partial charge in [-0.05, 0) is 12.1 Å². The van der Waals surface area contributed by atoms with Crippen molar-refractivity contribution in [2.24, 2.45) is 0 Å². The fourth-order valence-corrected chi connectivity index (χ4v) is 2.74. The van der Waals surface area contributed by atoms with Crippen LogP contribution in [0.15, 0.2) is 39.9 Å². The Morgan fingerprint density at radius 1 is 1.38 bits per heavy atom. The van der Waals surface area contributed by atoms with Gasteiger partial charge in [0.25, 0.3) is 5.89 Å². The molecular weight excluding hydrogens is 310 g/mol. The first-order valence-electron chi connectivity index (χ1n) is 5.91. The lowest BCUT2D eigenvalue weighted by atomic mass is 10.2. The van der Waals surface area contributed by atoms with Gasteiger partial charge in [-0.25, -0.2) is 0 Å². The van der Waals surface area contributed by atoms with Gasteiger partial charge in [0.05, 0.1) is 22.5 Å². The predicted octanol–water partition coefficient (Wildman–Crippen LogP) is 3.28. The van der Waals surface area contributed by atoms with Gasteiger partial charge in [-0.1, -0.05) is 28.9 Å². The second kappa shape index (κ2) is 5.99. The molecule has 8 heteroatoms. The van der Waals surface area contributed by atoms with Crippen LogP contribution in [0.4, 0.5) is 0 Å². The molecule has 0 bridgehead atoms. The smallest absolute Gasteiger partial charge is 0.262 e. The summed E-state index contributed by atoms with van der Waals surface area (Å²) in [5.74, 6) is 1.32. The lowest BCUT2D eigenvalue weighted by Gasteiger charge is -2.00. The van der Waals surface area contributed by atoms with E-state index in [2.05, 4.69) is 20.3 Å². The van der Waals surface area contributed by atoms with Crippen molar-refractivity contribution in [3.63, 3.8) is 0 Å². The Morgan fingerprint density at radius 2 is 2.24 bits per heavy atom. The number of rotatable bonds is 4. The van der Waals surface area contributed by atoms with Gasteiger partial charge in [0.15, 0.2) is 5.82 Å². The first-order chi connectivity index (χ1) is 10.3. The Balaban J connectivity index is 1.74. The number of H-pyrrole nitrogens is 1. The van der Waals surface area contributed by atoms with Crippen molar-refractivity contribution in [2.75, 3.05) is 0 Å². The maximum absolute atomic E-state index is 8.93. The fourth-order valence-electron chi connectivity index (χ4n) is 1.66. The second-order valence-corrected chi connectivity index (χ2v) is 5.43. The standard InChI is InChI=1S/C13H8ClN5OS/c14-9-3-1-2-4-11(9)21-7-12-17-13(20-19-12)8-6-16-18-10(8)5-15/h1-4,6H,7H2,(H,16,18). The van der Waals surface area contributed by atoms with Crippen LogP contribution in [0.2, 0.25) is 5.02 Å². The summed E-state index contributed by atoms with van der Waals surface area (Å²) in [6.45, 7) is 0. The molecule has 0 aliphatic rings. The Bertz CT molecular complexity index is 807. The molecule has 0 atom stereocenters. The minimum atomic E-state index is 0.273. The topological polar surface area (TPSA) is 91.4 Å². The highest BCUT2D eigenvalue weighted by molar-refractivity contribution is 7.98. The Morgan fingerprint density at radius 3 is 3.05 bits per heavy atom. The molecule has 0 aliphatic heterocycles. The van der Waals surface area contributed by atoms with Crippen molar-refractivity contribution in [3.05, 3.63) is 47.0 Å². The first-order valence-corrected chi connectivity index (χ1v) is 7.28. The van der Waals surface area contributed by atoms with Crippen LogP contribution in [0.3, 0.4) is 0 Å². The van der Waals surface area contributed by atoms with E-state index in [0.29, 0.717) is 27.9 Å². The molecule has 1 N–H and O–H groups in total. The molecule has 0 fully saturated rings. The molecule has 2 heterocycles. The molecule has 2 aromatic heterocycles. The second-order valence-electron chi connectivity index (χ2n) is 4.01. The molecule has 0 amide bonds. The van der Waals surface area contributed by atoms with Crippen molar-refractivity contribution in [3.8, 4) is 17.5 Å². The maximum Gasteiger partial charge on any atom is 0.262 e. The van der Waals surface area contributed by atoms with Crippen LogP contribution in [0.5, 0.6) is 0 Å². The number of thioether (sulfide) groups is 1. The molecule has 21 heavy (non-hydrogen) atoms. The molecule has 104 valence electrons. The molecule has 0 radical (unpaired) electrons. The lowest BCUT2D eigenvalue weighted by Crippen LogP contribution is -1.85. The average molecular weight is 318 g/mol. The van der Waals surface area contributed by atoms with Gasteiger partial charge < -0.3 is 4.52 Å². The van der Waals surface area contributed by atoms with Crippen molar-refractivity contribution in [1.82, 2.24) is 20.3 Å². The minimum Gasteiger partial charge on any atom is -0.334 e. The third-order valence-electron chi connectivity index (χ3n) is 2.64. The van der Waals surface area contributed by atoms with Crippen LogP contribution < -0.4 is 0 Å². The summed E-state index contributed by atoms with van der Waals surface area (Å²) in [7, 11) is 0. The summed E-state index contributed by atoms with van der Waals surface area (Å²) in [4.78, 5) is 5.20. The van der Waals surface area contributed by atoms with Gasteiger partial charge in [-0.3, -0.25) is 5.10 Å². The third kappa shape index (κ3) is 2.91. The molecule has 0 aliphatic carbocycles. The number of nitrogens with one attached hydrogen (secondary N) is 1. The van der Waals surface area contributed by atoms with Crippen molar-refractivity contribution < 1.29 is 4.52 Å². The number of benzene rings is 1. The predicted molar refractivity (Wildman–Crippen MR) is 77.6 cm³/mol. The number of aromatic amines is 1. The van der Waals surface area contributed by atoms with Gasteiger partial charge in [0, 0.05) is 4.90 Å². The van der Waals surface area contributed by atoms with Crippen LogP contribution in [0.25, 0.3) is 11.5 Å². The van der Waals surface area contributed by atoms with Crippen LogP contribution >= 0.6 is 23.4 Å². The van der Waals surface area contributed by atoms with Crippen LogP contribution in [0, 0.1) is 11.3 Å². The van der Waals surface area contributed by atoms with E-state index in [0.717, 1.165) is 4.90 Å². The van der Waals surface area contributed by atoms with Gasteiger partial charge in [-0.2, -0.15) is 15.3 Å². The number of hydrogen-bond acceptors (Lipinski definition) is 6. The highest BCUT2D eigenvalue weighted by Gasteiger charge is 2.15. The first kappa shape index (κ1) is 13.7. The van der Waals surface area contributed by atoms with Crippen LogP contribution in [-0.2, 0) is 5.75 Å². The van der Waals surface area contributed by atoms with E-state index in [1.807, 2.05) is 30.3 Å². The van der Waals surface area contributed by atoms with Crippen molar-refractivity contribution in [1.29, 1.82) is 5.26 Å². The number of aromatic nitrogens is 4. The van der Waals surface area contributed by atoms with E-state index in [-0.39, 0.29) is 5.89 Å². The largest absolute Gasteiger partial charge is 0.334 e. The highest BCUT2D eigenvalue weighted by atomic mass is 35.5. The number of hydrogen-bond donors (Lipinski definition) is 1. The van der Waals surface area contributed by atoms with Gasteiger partial charge >= 0.3 is 0 Å². The van der Waals surface area contributed by atoms with E-state index in [1.54, 1.807) is 0 Å². The molecular formula is C13H8ClN5OS. The minimum absolute atomic E-state index is 0.273. The summed E-state index contributed by atoms with van der Waals surface area (Å²) in [5.41, 5.74) is 0.794. The molecule has 0 spiro atoms. The SMILES string of the molecule is N#Cc1[nH]ncc1-c1nc(CSc2ccccc2Cl)no1. The van der Waals surface area contributed by atoms with Crippen molar-refractivity contribution in [2.45, 2.75) is 10.6 Å². The fraction of sp³-hybridized carbons (Fsp3) is 0.0769. The Kier molecular flexibility index (Phi) is 3.90. The van der Waals surface area contributed by atoms with E-state index < -0.39 is 0 Å². The molecule has 0 unspecified atom stereocenters. The normalized spacial score (nSPS) is 10.5. The van der Waals surface area contributed by atoms with E-state index >= 15 is 0 Å². The number of nitrogens with zero attached hydrogens (tertiary/aromatic N) is 4. The summed E-state index contributed by atoms with van der Waals surface area (Å²) < 4.78 is 5.15. The average Bonchev–Trinajstić information content (AvgIpc) is 3.14. The Labute approximate surface area is 129 Å². The summed E-state index contributed by atoms with van der Waals surface area (Å²) in [6.07, 6.45) is 1.48. The molecule has 3 aromatic rings. The summed E-state index contributed by atoms with van der Waals surface area (Å²) >= 11 is 7.60. The van der Waals surface area contributed by atoms with E-state index in [1.165, 1.54) is 18.0 Å². The van der Waals surface area contributed by atoms with E-state index in [4.69, 9.17) is 21.4 Å². The molecule has 0 saturated heterocycles. The zero-order chi connectivity index (χ0) is 14.7. The summed E-state index contributed by atoms with van der Waals surface area (Å²) in [6, 6.07) is 9.53. The van der Waals surface area contributed by atoms with Crippen LogP contribution in [-0.4, -0.2) is 20.3 Å². The maximum atomic E-state index is 8.93. The molecule has 6 nitrogen and oxygen atoms in total. The quantitative estimate of drug-likeness (QED) is 0.742. The van der Waals surface area contributed by atoms with E-state index in [9.17, 15) is 0 Å². The zero-order valence-electron chi connectivity index (χ0n) is 10.6. The lowest BCUT2D eigenvalue weighted by molar-refractivity contribution is 0.425. The molecule has 1 aromatic carbocycles. The van der Waals surface area contributed by atoms with Gasteiger partial charge in [0.2, 0.25) is 0 Å². The zero-order valence-corrected chi connectivity index (χ0v) is 12.1.